The summed E-state index contributed by atoms with van der Waals surface area (Å²) in [6.45, 7) is 2.95. The number of urea groups is 1. The molecule has 5 heteroatoms. The Morgan fingerprint density at radius 1 is 1.37 bits per heavy atom. The van der Waals surface area contributed by atoms with Gasteiger partial charge in [-0.15, -0.1) is 0 Å². The van der Waals surface area contributed by atoms with Crippen LogP contribution in [0, 0.1) is 0 Å². The maximum Gasteiger partial charge on any atom is 0.322 e. The monoisotopic (exact) mass is 259 g/mol. The Balaban J connectivity index is 2.00. The average Bonchev–Trinajstić information content (AvgIpc) is 2.88. The molecule has 0 bridgehead atoms. The smallest absolute Gasteiger partial charge is 0.322 e. The van der Waals surface area contributed by atoms with Gasteiger partial charge in [-0.1, -0.05) is 6.07 Å². The quantitative estimate of drug-likeness (QED) is 0.829. The Bertz CT molecular complexity index is 537. The predicted octanol–water partition coefficient (Wildman–Crippen LogP) is 2.92. The molecule has 0 radical (unpaired) electrons. The molecule has 0 aliphatic rings. The molecule has 1 aromatic heterocycles. The van der Waals surface area contributed by atoms with E-state index in [9.17, 15) is 4.79 Å². The Morgan fingerprint density at radius 2 is 2.21 bits per heavy atom. The standard InChI is InChI=1S/C14H17N3O2/c1-2-17(10-13-7-4-8-19-13)14(18)16-12-6-3-5-11(15)9-12/h3-9H,2,10,15H2,1H3,(H,16,18). The Labute approximate surface area is 112 Å². The van der Waals surface area contributed by atoms with Crippen LogP contribution in [0.15, 0.2) is 47.1 Å². The molecule has 0 spiro atoms. The first-order valence-electron chi connectivity index (χ1n) is 6.13. The molecule has 0 fully saturated rings. The minimum atomic E-state index is -0.176. The largest absolute Gasteiger partial charge is 0.467 e. The van der Waals surface area contributed by atoms with E-state index < -0.39 is 0 Å². The first-order chi connectivity index (χ1) is 9.19. The van der Waals surface area contributed by atoms with Gasteiger partial charge in [-0.25, -0.2) is 4.79 Å². The van der Waals surface area contributed by atoms with Crippen molar-refractivity contribution in [2.75, 3.05) is 17.6 Å². The van der Waals surface area contributed by atoms with Crippen LogP contribution in [0.2, 0.25) is 0 Å². The second kappa shape index (κ2) is 5.95. The summed E-state index contributed by atoms with van der Waals surface area (Å²) >= 11 is 0. The van der Waals surface area contributed by atoms with E-state index >= 15 is 0 Å². The molecule has 2 aromatic rings. The van der Waals surface area contributed by atoms with E-state index in [1.165, 1.54) is 0 Å². The van der Waals surface area contributed by atoms with Gasteiger partial charge in [-0.05, 0) is 37.3 Å². The third kappa shape index (κ3) is 3.51. The van der Waals surface area contributed by atoms with Gasteiger partial charge in [0.1, 0.15) is 5.76 Å². The molecule has 0 saturated heterocycles. The summed E-state index contributed by atoms with van der Waals surface area (Å²) in [6, 6.07) is 10.6. The van der Waals surface area contributed by atoms with Gasteiger partial charge in [-0.3, -0.25) is 0 Å². The third-order valence-electron chi connectivity index (χ3n) is 2.73. The van der Waals surface area contributed by atoms with Gasteiger partial charge < -0.3 is 20.4 Å². The van der Waals surface area contributed by atoms with Crippen molar-refractivity contribution in [1.29, 1.82) is 0 Å². The van der Waals surface area contributed by atoms with Gasteiger partial charge >= 0.3 is 6.03 Å². The van der Waals surface area contributed by atoms with E-state index in [2.05, 4.69) is 5.32 Å². The van der Waals surface area contributed by atoms with Gasteiger partial charge in [0.2, 0.25) is 0 Å². The molecule has 100 valence electrons. The maximum atomic E-state index is 12.1. The summed E-state index contributed by atoms with van der Waals surface area (Å²) in [5, 5.41) is 2.81. The number of hydrogen-bond acceptors (Lipinski definition) is 3. The van der Waals surface area contributed by atoms with E-state index in [1.54, 1.807) is 41.5 Å². The SMILES string of the molecule is CCN(Cc1ccco1)C(=O)Nc1cccc(N)c1. The average molecular weight is 259 g/mol. The zero-order chi connectivity index (χ0) is 13.7. The molecular weight excluding hydrogens is 242 g/mol. The lowest BCUT2D eigenvalue weighted by Crippen LogP contribution is -2.34. The van der Waals surface area contributed by atoms with Crippen molar-refractivity contribution in [2.45, 2.75) is 13.5 Å². The summed E-state index contributed by atoms with van der Waals surface area (Å²) in [5.41, 5.74) is 6.97. The molecule has 0 saturated carbocycles. The third-order valence-corrected chi connectivity index (χ3v) is 2.73. The van der Waals surface area contributed by atoms with E-state index in [4.69, 9.17) is 10.2 Å². The van der Waals surface area contributed by atoms with Gasteiger partial charge in [0.15, 0.2) is 0 Å². The molecule has 3 N–H and O–H groups in total. The van der Waals surface area contributed by atoms with Crippen molar-refractivity contribution in [3.05, 3.63) is 48.4 Å². The molecular formula is C14H17N3O2. The number of carbonyl (C=O) groups excluding carboxylic acids is 1. The van der Waals surface area contributed by atoms with Crippen LogP contribution in [-0.4, -0.2) is 17.5 Å². The van der Waals surface area contributed by atoms with Crippen molar-refractivity contribution >= 4 is 17.4 Å². The zero-order valence-corrected chi connectivity index (χ0v) is 10.8. The molecule has 2 amide bonds. The van der Waals surface area contributed by atoms with Crippen LogP contribution < -0.4 is 11.1 Å². The summed E-state index contributed by atoms with van der Waals surface area (Å²) in [4.78, 5) is 13.8. The van der Waals surface area contributed by atoms with Crippen molar-refractivity contribution in [1.82, 2.24) is 4.90 Å². The number of carbonyl (C=O) groups is 1. The lowest BCUT2D eigenvalue weighted by atomic mass is 10.3. The first-order valence-corrected chi connectivity index (χ1v) is 6.13. The number of amides is 2. The molecule has 0 unspecified atom stereocenters. The summed E-state index contributed by atoms with van der Waals surface area (Å²) in [5.74, 6) is 0.754. The highest BCUT2D eigenvalue weighted by atomic mass is 16.3. The number of nitrogen functional groups attached to an aromatic ring is 1. The minimum Gasteiger partial charge on any atom is -0.467 e. The lowest BCUT2D eigenvalue weighted by Gasteiger charge is -2.20. The number of nitrogens with two attached hydrogens (primary N) is 1. The van der Waals surface area contributed by atoms with Gasteiger partial charge in [0.25, 0.3) is 0 Å². The molecule has 1 aromatic carbocycles. The molecule has 5 nitrogen and oxygen atoms in total. The van der Waals surface area contributed by atoms with Gasteiger partial charge in [0, 0.05) is 17.9 Å². The number of rotatable bonds is 4. The second-order valence-corrected chi connectivity index (χ2v) is 4.15. The highest BCUT2D eigenvalue weighted by Gasteiger charge is 2.13. The summed E-state index contributed by atoms with van der Waals surface area (Å²) in [6.07, 6.45) is 1.60. The predicted molar refractivity (Wildman–Crippen MR) is 74.7 cm³/mol. The summed E-state index contributed by atoms with van der Waals surface area (Å²) in [7, 11) is 0. The number of anilines is 2. The highest BCUT2D eigenvalue weighted by molar-refractivity contribution is 5.89. The van der Waals surface area contributed by atoms with E-state index in [-0.39, 0.29) is 6.03 Å². The Kier molecular flexibility index (Phi) is 4.07. The first kappa shape index (κ1) is 13.0. The topological polar surface area (TPSA) is 71.5 Å². The normalized spacial score (nSPS) is 10.2. The van der Waals surface area contributed by atoms with Crippen molar-refractivity contribution in [2.24, 2.45) is 0 Å². The van der Waals surface area contributed by atoms with Gasteiger partial charge in [0.05, 0.1) is 12.8 Å². The van der Waals surface area contributed by atoms with Crippen LogP contribution in [0.25, 0.3) is 0 Å². The highest BCUT2D eigenvalue weighted by Crippen LogP contribution is 2.13. The van der Waals surface area contributed by atoms with Crippen molar-refractivity contribution in [3.63, 3.8) is 0 Å². The summed E-state index contributed by atoms with van der Waals surface area (Å²) < 4.78 is 5.24. The number of nitrogens with one attached hydrogen (secondary N) is 1. The number of furan rings is 1. The molecule has 19 heavy (non-hydrogen) atoms. The van der Waals surface area contributed by atoms with Gasteiger partial charge in [-0.2, -0.15) is 0 Å². The number of nitrogens with zero attached hydrogens (tertiary/aromatic N) is 1. The molecule has 1 heterocycles. The van der Waals surface area contributed by atoms with E-state index in [0.29, 0.717) is 24.5 Å². The second-order valence-electron chi connectivity index (χ2n) is 4.15. The van der Waals surface area contributed by atoms with Crippen LogP contribution in [0.5, 0.6) is 0 Å². The fourth-order valence-corrected chi connectivity index (χ4v) is 1.74. The van der Waals surface area contributed by atoms with Crippen LogP contribution in [0.4, 0.5) is 16.2 Å². The van der Waals surface area contributed by atoms with Crippen LogP contribution in [0.3, 0.4) is 0 Å². The Morgan fingerprint density at radius 3 is 2.84 bits per heavy atom. The van der Waals surface area contributed by atoms with Crippen molar-refractivity contribution < 1.29 is 9.21 Å². The zero-order valence-electron chi connectivity index (χ0n) is 10.8. The lowest BCUT2D eigenvalue weighted by molar-refractivity contribution is 0.207. The molecule has 2 rings (SSSR count). The van der Waals surface area contributed by atoms with Crippen LogP contribution in [0.1, 0.15) is 12.7 Å². The fraction of sp³-hybridized carbons (Fsp3) is 0.214. The van der Waals surface area contributed by atoms with E-state index in [1.807, 2.05) is 13.0 Å². The molecule has 0 aliphatic carbocycles. The van der Waals surface area contributed by atoms with Crippen LogP contribution >= 0.6 is 0 Å². The fourth-order valence-electron chi connectivity index (χ4n) is 1.74. The maximum absolute atomic E-state index is 12.1. The molecule has 0 aliphatic heterocycles. The number of benzene rings is 1. The number of hydrogen-bond donors (Lipinski definition) is 2. The Hall–Kier alpha value is -2.43. The van der Waals surface area contributed by atoms with E-state index in [0.717, 1.165) is 5.76 Å². The van der Waals surface area contributed by atoms with Crippen molar-refractivity contribution in [3.8, 4) is 0 Å². The minimum absolute atomic E-state index is 0.176. The van der Waals surface area contributed by atoms with Crippen LogP contribution in [-0.2, 0) is 6.54 Å². The molecule has 0 atom stereocenters.